The van der Waals surface area contributed by atoms with E-state index in [1.165, 1.54) is 0 Å². The maximum atomic E-state index is 12.5. The van der Waals surface area contributed by atoms with Gasteiger partial charge in [-0.3, -0.25) is 4.79 Å². The van der Waals surface area contributed by atoms with Crippen LogP contribution in [0.3, 0.4) is 0 Å². The van der Waals surface area contributed by atoms with Gasteiger partial charge >= 0.3 is 0 Å². The summed E-state index contributed by atoms with van der Waals surface area (Å²) in [5.74, 6) is 0.0927. The Labute approximate surface area is 140 Å². The highest BCUT2D eigenvalue weighted by Crippen LogP contribution is 2.28. The zero-order valence-corrected chi connectivity index (χ0v) is 13.5. The molecule has 1 unspecified atom stereocenters. The number of amides is 1. The number of hydrogen-bond acceptors (Lipinski definition) is 3. The van der Waals surface area contributed by atoms with Crippen LogP contribution in [0, 0.1) is 0 Å². The standard InChI is InChI=1S/C18H19ClN2O2/c19-16-4-2-1-3-15(16)17-12-21(9-10-23-17)18(22)11-13-5-7-14(20)8-6-13/h1-8,17H,9-12,20H2. The molecule has 0 spiro atoms. The number of hydrogen-bond donors (Lipinski definition) is 1. The fraction of sp³-hybridized carbons (Fsp3) is 0.278. The van der Waals surface area contributed by atoms with Crippen molar-refractivity contribution in [1.29, 1.82) is 0 Å². The summed E-state index contributed by atoms with van der Waals surface area (Å²) in [6.07, 6.45) is 0.197. The van der Waals surface area contributed by atoms with E-state index in [9.17, 15) is 4.79 Å². The SMILES string of the molecule is Nc1ccc(CC(=O)N2CCOC(c3ccccc3Cl)C2)cc1. The van der Waals surface area contributed by atoms with E-state index in [0.717, 1.165) is 11.1 Å². The Morgan fingerprint density at radius 1 is 1.22 bits per heavy atom. The summed E-state index contributed by atoms with van der Waals surface area (Å²) in [5, 5.41) is 0.672. The predicted octanol–water partition coefficient (Wildman–Crippen LogP) is 3.06. The Hall–Kier alpha value is -2.04. The van der Waals surface area contributed by atoms with Gasteiger partial charge in [-0.25, -0.2) is 0 Å². The number of morpholine rings is 1. The molecule has 5 heteroatoms. The van der Waals surface area contributed by atoms with Crippen LogP contribution in [0.25, 0.3) is 0 Å². The van der Waals surface area contributed by atoms with Gasteiger partial charge in [0.05, 0.1) is 19.6 Å². The minimum Gasteiger partial charge on any atom is -0.399 e. The Kier molecular flexibility index (Phi) is 4.84. The van der Waals surface area contributed by atoms with Crippen LogP contribution in [-0.4, -0.2) is 30.5 Å². The fourth-order valence-electron chi connectivity index (χ4n) is 2.72. The molecule has 1 heterocycles. The van der Waals surface area contributed by atoms with E-state index in [0.29, 0.717) is 36.8 Å². The zero-order valence-electron chi connectivity index (χ0n) is 12.7. The second kappa shape index (κ2) is 7.02. The zero-order chi connectivity index (χ0) is 16.2. The quantitative estimate of drug-likeness (QED) is 0.880. The molecule has 1 fully saturated rings. The van der Waals surface area contributed by atoms with Gasteiger partial charge in [-0.05, 0) is 23.8 Å². The summed E-state index contributed by atoms with van der Waals surface area (Å²) in [6, 6.07) is 15.0. The molecule has 0 aliphatic carbocycles. The average Bonchev–Trinajstić information content (AvgIpc) is 2.57. The van der Waals surface area contributed by atoms with Crippen molar-refractivity contribution in [1.82, 2.24) is 4.90 Å². The Morgan fingerprint density at radius 2 is 1.96 bits per heavy atom. The van der Waals surface area contributed by atoms with Crippen molar-refractivity contribution in [3.63, 3.8) is 0 Å². The lowest BCUT2D eigenvalue weighted by Crippen LogP contribution is -2.43. The van der Waals surface area contributed by atoms with Gasteiger partial charge in [0.2, 0.25) is 5.91 Å². The minimum absolute atomic E-state index is 0.0927. The third-order valence-electron chi connectivity index (χ3n) is 4.01. The molecule has 1 atom stereocenters. The highest BCUT2D eigenvalue weighted by atomic mass is 35.5. The molecule has 2 aromatic rings. The number of carbonyl (C=O) groups excluding carboxylic acids is 1. The molecule has 0 bridgehead atoms. The van der Waals surface area contributed by atoms with Gasteiger partial charge in [0, 0.05) is 22.8 Å². The Morgan fingerprint density at radius 3 is 2.70 bits per heavy atom. The largest absolute Gasteiger partial charge is 0.399 e. The third kappa shape index (κ3) is 3.84. The summed E-state index contributed by atoms with van der Waals surface area (Å²) >= 11 is 6.23. The van der Waals surface area contributed by atoms with E-state index in [-0.39, 0.29) is 12.0 Å². The third-order valence-corrected chi connectivity index (χ3v) is 4.35. The van der Waals surface area contributed by atoms with E-state index in [1.807, 2.05) is 53.4 Å². The summed E-state index contributed by atoms with van der Waals surface area (Å²) < 4.78 is 5.80. The molecule has 0 saturated carbocycles. The number of nitrogen functional groups attached to an aromatic ring is 1. The number of ether oxygens (including phenoxy) is 1. The van der Waals surface area contributed by atoms with E-state index in [4.69, 9.17) is 22.1 Å². The Balaban J connectivity index is 1.67. The average molecular weight is 331 g/mol. The Bertz CT molecular complexity index is 688. The van der Waals surface area contributed by atoms with Crippen molar-refractivity contribution in [3.8, 4) is 0 Å². The number of anilines is 1. The summed E-state index contributed by atoms with van der Waals surface area (Å²) in [7, 11) is 0. The van der Waals surface area contributed by atoms with Gasteiger partial charge in [-0.2, -0.15) is 0 Å². The molecule has 1 saturated heterocycles. The molecular formula is C18H19ClN2O2. The van der Waals surface area contributed by atoms with Gasteiger partial charge in [0.25, 0.3) is 0 Å². The molecule has 2 aromatic carbocycles. The minimum atomic E-state index is -0.173. The van der Waals surface area contributed by atoms with E-state index in [2.05, 4.69) is 0 Å². The molecule has 1 aliphatic rings. The summed E-state index contributed by atoms with van der Waals surface area (Å²) in [4.78, 5) is 14.4. The van der Waals surface area contributed by atoms with Gasteiger partial charge in [0.15, 0.2) is 0 Å². The van der Waals surface area contributed by atoms with Crippen LogP contribution in [0.5, 0.6) is 0 Å². The maximum Gasteiger partial charge on any atom is 0.227 e. The summed E-state index contributed by atoms with van der Waals surface area (Å²) in [5.41, 5.74) is 8.27. The van der Waals surface area contributed by atoms with Gasteiger partial charge in [-0.1, -0.05) is 41.9 Å². The lowest BCUT2D eigenvalue weighted by molar-refractivity contribution is -0.138. The first-order valence-electron chi connectivity index (χ1n) is 7.61. The molecule has 23 heavy (non-hydrogen) atoms. The van der Waals surface area contributed by atoms with Gasteiger partial charge in [-0.15, -0.1) is 0 Å². The molecule has 4 nitrogen and oxygen atoms in total. The first-order chi connectivity index (χ1) is 11.1. The summed E-state index contributed by atoms with van der Waals surface area (Å²) in [6.45, 7) is 1.65. The number of halogens is 1. The van der Waals surface area contributed by atoms with Crippen LogP contribution in [-0.2, 0) is 16.0 Å². The second-order valence-electron chi connectivity index (χ2n) is 5.64. The normalized spacial score (nSPS) is 18.0. The first-order valence-corrected chi connectivity index (χ1v) is 7.99. The highest BCUT2D eigenvalue weighted by Gasteiger charge is 2.26. The van der Waals surface area contributed by atoms with Crippen LogP contribution in [0.4, 0.5) is 5.69 Å². The van der Waals surface area contributed by atoms with Crippen LogP contribution in [0.15, 0.2) is 48.5 Å². The topological polar surface area (TPSA) is 55.6 Å². The highest BCUT2D eigenvalue weighted by molar-refractivity contribution is 6.31. The molecular weight excluding hydrogens is 312 g/mol. The van der Waals surface area contributed by atoms with E-state index < -0.39 is 0 Å². The van der Waals surface area contributed by atoms with Crippen LogP contribution < -0.4 is 5.73 Å². The molecule has 0 radical (unpaired) electrons. The predicted molar refractivity (Wildman–Crippen MR) is 91.3 cm³/mol. The number of benzene rings is 2. The van der Waals surface area contributed by atoms with Crippen LogP contribution >= 0.6 is 11.6 Å². The van der Waals surface area contributed by atoms with Crippen molar-refractivity contribution in [2.24, 2.45) is 0 Å². The number of carbonyl (C=O) groups is 1. The maximum absolute atomic E-state index is 12.5. The van der Waals surface area contributed by atoms with Crippen molar-refractivity contribution in [2.45, 2.75) is 12.5 Å². The number of nitrogens with two attached hydrogens (primary N) is 1. The van der Waals surface area contributed by atoms with E-state index in [1.54, 1.807) is 0 Å². The number of nitrogens with zero attached hydrogens (tertiary/aromatic N) is 1. The molecule has 1 aliphatic heterocycles. The van der Waals surface area contributed by atoms with E-state index >= 15 is 0 Å². The molecule has 120 valence electrons. The molecule has 1 amide bonds. The lowest BCUT2D eigenvalue weighted by Gasteiger charge is -2.33. The number of rotatable bonds is 3. The lowest BCUT2D eigenvalue weighted by atomic mass is 10.1. The van der Waals surface area contributed by atoms with Crippen LogP contribution in [0.1, 0.15) is 17.2 Å². The van der Waals surface area contributed by atoms with Crippen molar-refractivity contribution >= 4 is 23.2 Å². The van der Waals surface area contributed by atoms with Crippen molar-refractivity contribution in [2.75, 3.05) is 25.4 Å². The monoisotopic (exact) mass is 330 g/mol. The molecule has 3 rings (SSSR count). The smallest absolute Gasteiger partial charge is 0.227 e. The second-order valence-corrected chi connectivity index (χ2v) is 6.05. The fourth-order valence-corrected chi connectivity index (χ4v) is 2.98. The van der Waals surface area contributed by atoms with Crippen molar-refractivity contribution in [3.05, 3.63) is 64.7 Å². The van der Waals surface area contributed by atoms with Gasteiger partial charge < -0.3 is 15.4 Å². The first kappa shape index (κ1) is 15.8. The van der Waals surface area contributed by atoms with Crippen molar-refractivity contribution < 1.29 is 9.53 Å². The van der Waals surface area contributed by atoms with Crippen LogP contribution in [0.2, 0.25) is 5.02 Å². The van der Waals surface area contributed by atoms with Gasteiger partial charge in [0.1, 0.15) is 6.10 Å². The molecule has 0 aromatic heterocycles. The molecule has 2 N–H and O–H groups in total.